The lowest BCUT2D eigenvalue weighted by Crippen LogP contribution is -2.05. The largest absolute Gasteiger partial charge is 0.396 e. The molecule has 0 heterocycles. The monoisotopic (exact) mass is 158 g/mol. The molecule has 0 bridgehead atoms. The van der Waals surface area contributed by atoms with E-state index in [2.05, 4.69) is 11.8 Å². The van der Waals surface area contributed by atoms with Crippen molar-refractivity contribution in [1.82, 2.24) is 0 Å². The van der Waals surface area contributed by atoms with E-state index in [1.807, 2.05) is 0 Å². The minimum Gasteiger partial charge on any atom is -0.396 e. The Bertz CT molecular complexity index is 134. The van der Waals surface area contributed by atoms with Crippen molar-refractivity contribution in [2.24, 2.45) is 0 Å². The molecule has 0 amide bonds. The molecule has 0 spiro atoms. The second-order valence-electron chi connectivity index (χ2n) is 2.24. The first-order chi connectivity index (χ1) is 5.31. The Morgan fingerprint density at radius 3 is 2.45 bits per heavy atom. The molecule has 0 radical (unpaired) electrons. The van der Waals surface area contributed by atoms with Gasteiger partial charge in [-0.2, -0.15) is 0 Å². The molecule has 0 saturated carbocycles. The summed E-state index contributed by atoms with van der Waals surface area (Å²) in [7, 11) is 0. The SMILES string of the molecule is OCC#CC[C@@H](O)CCCO. The van der Waals surface area contributed by atoms with Gasteiger partial charge in [0.1, 0.15) is 6.61 Å². The van der Waals surface area contributed by atoms with Crippen LogP contribution in [0.5, 0.6) is 0 Å². The minimum absolute atomic E-state index is 0.102. The molecule has 0 rings (SSSR count). The Morgan fingerprint density at radius 1 is 1.18 bits per heavy atom. The maximum Gasteiger partial charge on any atom is 0.104 e. The van der Waals surface area contributed by atoms with Crippen LogP contribution >= 0.6 is 0 Å². The first-order valence-electron chi connectivity index (χ1n) is 3.66. The average Bonchev–Trinajstić information content (AvgIpc) is 2.01. The zero-order valence-corrected chi connectivity index (χ0v) is 6.45. The molecule has 11 heavy (non-hydrogen) atoms. The van der Waals surface area contributed by atoms with Crippen LogP contribution in [-0.4, -0.2) is 34.6 Å². The third-order valence-corrected chi connectivity index (χ3v) is 1.24. The highest BCUT2D eigenvalue weighted by atomic mass is 16.3. The van der Waals surface area contributed by atoms with E-state index in [4.69, 9.17) is 15.3 Å². The predicted molar refractivity (Wildman–Crippen MR) is 41.8 cm³/mol. The van der Waals surface area contributed by atoms with Gasteiger partial charge >= 0.3 is 0 Å². The zero-order chi connectivity index (χ0) is 8.53. The standard InChI is InChI=1S/C8H14O3/c9-6-2-1-4-8(11)5-3-7-10/h8-11H,3-7H2/t8-/m1/s1. The number of hydrogen-bond acceptors (Lipinski definition) is 3. The van der Waals surface area contributed by atoms with Crippen LogP contribution in [0, 0.1) is 11.8 Å². The van der Waals surface area contributed by atoms with Gasteiger partial charge in [0.05, 0.1) is 6.10 Å². The van der Waals surface area contributed by atoms with Crippen LogP contribution < -0.4 is 0 Å². The van der Waals surface area contributed by atoms with E-state index < -0.39 is 6.10 Å². The highest BCUT2D eigenvalue weighted by Gasteiger charge is 1.99. The van der Waals surface area contributed by atoms with Crippen molar-refractivity contribution >= 4 is 0 Å². The summed E-state index contributed by atoms with van der Waals surface area (Å²) in [5, 5.41) is 25.8. The predicted octanol–water partition coefficient (Wildman–Crippen LogP) is -0.494. The van der Waals surface area contributed by atoms with Crippen molar-refractivity contribution in [3.8, 4) is 11.8 Å². The van der Waals surface area contributed by atoms with Crippen molar-refractivity contribution in [1.29, 1.82) is 0 Å². The van der Waals surface area contributed by atoms with Crippen molar-refractivity contribution in [2.45, 2.75) is 25.4 Å². The Morgan fingerprint density at radius 2 is 1.91 bits per heavy atom. The summed E-state index contributed by atoms with van der Waals surface area (Å²) in [6.45, 7) is -0.0583. The molecule has 1 atom stereocenters. The molecule has 3 nitrogen and oxygen atoms in total. The molecular formula is C8H14O3. The van der Waals surface area contributed by atoms with E-state index in [1.54, 1.807) is 0 Å². The molecule has 0 saturated heterocycles. The van der Waals surface area contributed by atoms with Gasteiger partial charge in [-0.3, -0.25) is 0 Å². The lowest BCUT2D eigenvalue weighted by Gasteiger charge is -2.03. The van der Waals surface area contributed by atoms with Crippen LogP contribution in [0.3, 0.4) is 0 Å². The van der Waals surface area contributed by atoms with Crippen LogP contribution in [0.1, 0.15) is 19.3 Å². The van der Waals surface area contributed by atoms with Crippen LogP contribution in [0.4, 0.5) is 0 Å². The molecule has 0 aliphatic rings. The normalized spacial score (nSPS) is 11.9. The summed E-state index contributed by atoms with van der Waals surface area (Å²) < 4.78 is 0. The number of aliphatic hydroxyl groups is 3. The minimum atomic E-state index is -0.471. The molecule has 0 fully saturated rings. The van der Waals surface area contributed by atoms with Gasteiger partial charge in [0.15, 0.2) is 0 Å². The number of rotatable bonds is 4. The number of aliphatic hydroxyl groups excluding tert-OH is 3. The Balaban J connectivity index is 3.28. The quantitative estimate of drug-likeness (QED) is 0.484. The van der Waals surface area contributed by atoms with Crippen molar-refractivity contribution in [3.05, 3.63) is 0 Å². The molecule has 0 aliphatic carbocycles. The Kier molecular flexibility index (Phi) is 7.16. The first kappa shape index (κ1) is 10.4. The van der Waals surface area contributed by atoms with Crippen molar-refractivity contribution in [2.75, 3.05) is 13.2 Å². The van der Waals surface area contributed by atoms with Crippen molar-refractivity contribution in [3.63, 3.8) is 0 Å². The van der Waals surface area contributed by atoms with Gasteiger partial charge in [-0.25, -0.2) is 0 Å². The summed E-state index contributed by atoms with van der Waals surface area (Å²) in [6.07, 6.45) is 1.07. The summed E-state index contributed by atoms with van der Waals surface area (Å²) in [4.78, 5) is 0. The Hall–Kier alpha value is -0.560. The lowest BCUT2D eigenvalue weighted by molar-refractivity contribution is 0.154. The van der Waals surface area contributed by atoms with Gasteiger partial charge in [-0.1, -0.05) is 11.8 Å². The first-order valence-corrected chi connectivity index (χ1v) is 3.66. The van der Waals surface area contributed by atoms with E-state index in [1.165, 1.54) is 0 Å². The molecule has 0 aromatic rings. The highest BCUT2D eigenvalue weighted by Crippen LogP contribution is 1.99. The van der Waals surface area contributed by atoms with Crippen LogP contribution in [0.15, 0.2) is 0 Å². The highest BCUT2D eigenvalue weighted by molar-refractivity contribution is 4.99. The Labute approximate surface area is 66.7 Å². The third kappa shape index (κ3) is 7.34. The maximum atomic E-state index is 9.11. The van der Waals surface area contributed by atoms with Gasteiger partial charge in [0.25, 0.3) is 0 Å². The van der Waals surface area contributed by atoms with E-state index in [0.29, 0.717) is 19.3 Å². The maximum absolute atomic E-state index is 9.11. The van der Waals surface area contributed by atoms with Gasteiger partial charge in [0.2, 0.25) is 0 Å². The fraction of sp³-hybridized carbons (Fsp3) is 0.750. The smallest absolute Gasteiger partial charge is 0.104 e. The number of hydrogen-bond donors (Lipinski definition) is 3. The molecule has 3 heteroatoms. The second-order valence-corrected chi connectivity index (χ2v) is 2.24. The third-order valence-electron chi connectivity index (χ3n) is 1.24. The van der Waals surface area contributed by atoms with E-state index >= 15 is 0 Å². The van der Waals surface area contributed by atoms with E-state index in [-0.39, 0.29) is 13.2 Å². The molecule has 0 aliphatic heterocycles. The molecule has 0 unspecified atom stereocenters. The van der Waals surface area contributed by atoms with Gasteiger partial charge in [-0.05, 0) is 12.8 Å². The molecule has 3 N–H and O–H groups in total. The molecule has 0 aromatic carbocycles. The van der Waals surface area contributed by atoms with Crippen LogP contribution in [0.25, 0.3) is 0 Å². The summed E-state index contributed by atoms with van der Waals surface area (Å²) in [6, 6.07) is 0. The van der Waals surface area contributed by atoms with Crippen molar-refractivity contribution < 1.29 is 15.3 Å². The van der Waals surface area contributed by atoms with E-state index in [9.17, 15) is 0 Å². The van der Waals surface area contributed by atoms with Gasteiger partial charge in [0, 0.05) is 13.0 Å². The molecular weight excluding hydrogens is 144 g/mol. The zero-order valence-electron chi connectivity index (χ0n) is 6.45. The summed E-state index contributed by atoms with van der Waals surface area (Å²) >= 11 is 0. The van der Waals surface area contributed by atoms with E-state index in [0.717, 1.165) is 0 Å². The van der Waals surface area contributed by atoms with Gasteiger partial charge in [-0.15, -0.1) is 0 Å². The summed E-state index contributed by atoms with van der Waals surface area (Å²) in [5.74, 6) is 5.05. The molecule has 0 aromatic heterocycles. The topological polar surface area (TPSA) is 60.7 Å². The fourth-order valence-electron chi connectivity index (χ4n) is 0.675. The van der Waals surface area contributed by atoms with Crippen LogP contribution in [0.2, 0.25) is 0 Å². The lowest BCUT2D eigenvalue weighted by atomic mass is 10.1. The average molecular weight is 158 g/mol. The summed E-state index contributed by atoms with van der Waals surface area (Å²) in [5.41, 5.74) is 0. The fourth-order valence-corrected chi connectivity index (χ4v) is 0.675. The van der Waals surface area contributed by atoms with Gasteiger partial charge < -0.3 is 15.3 Å². The molecule has 64 valence electrons. The second kappa shape index (κ2) is 7.55. The van der Waals surface area contributed by atoms with Crippen LogP contribution in [-0.2, 0) is 0 Å².